The first kappa shape index (κ1) is 18.6. The summed E-state index contributed by atoms with van der Waals surface area (Å²) >= 11 is 0. The number of hydrogen-bond acceptors (Lipinski definition) is 3. The molecule has 0 aliphatic carbocycles. The lowest BCUT2D eigenvalue weighted by Gasteiger charge is -2.26. The second-order valence-corrected chi connectivity index (χ2v) is 6.80. The standard InChI is InChI=1S/C23H19FN4O/c1-14(2)28(23(29)16-7-5-4-6-8-16)20-12-17(24)11-19(15(20)3)21-18-9-10-25-22(18)27-13-26-21/h4-13H,1H2,2-3H3,(H,25,26,27). The molecule has 0 saturated carbocycles. The molecule has 0 fully saturated rings. The number of anilines is 1. The number of H-pyrrole nitrogens is 1. The number of carbonyl (C=O) groups is 1. The Morgan fingerprint density at radius 1 is 1.14 bits per heavy atom. The first-order valence-electron chi connectivity index (χ1n) is 9.11. The molecule has 0 spiro atoms. The van der Waals surface area contributed by atoms with Crippen LogP contribution in [0.25, 0.3) is 22.3 Å². The number of aromatic amines is 1. The van der Waals surface area contributed by atoms with Crippen molar-refractivity contribution in [1.29, 1.82) is 0 Å². The zero-order valence-corrected chi connectivity index (χ0v) is 16.1. The maximum absolute atomic E-state index is 14.7. The molecule has 29 heavy (non-hydrogen) atoms. The molecule has 1 amide bonds. The number of nitrogens with zero attached hydrogens (tertiary/aromatic N) is 3. The van der Waals surface area contributed by atoms with Gasteiger partial charge in [0.15, 0.2) is 0 Å². The van der Waals surface area contributed by atoms with Gasteiger partial charge in [-0.2, -0.15) is 0 Å². The van der Waals surface area contributed by atoms with E-state index < -0.39 is 5.82 Å². The molecule has 0 bridgehead atoms. The van der Waals surface area contributed by atoms with E-state index in [9.17, 15) is 9.18 Å². The van der Waals surface area contributed by atoms with Gasteiger partial charge in [0.2, 0.25) is 0 Å². The second kappa shape index (κ2) is 7.31. The molecule has 4 aromatic rings. The van der Waals surface area contributed by atoms with Gasteiger partial charge in [0.1, 0.15) is 17.8 Å². The quantitative estimate of drug-likeness (QED) is 0.521. The molecule has 0 atom stereocenters. The van der Waals surface area contributed by atoms with Gasteiger partial charge in [-0.3, -0.25) is 9.69 Å². The minimum absolute atomic E-state index is 0.271. The van der Waals surface area contributed by atoms with Crippen molar-refractivity contribution in [3.8, 4) is 11.3 Å². The summed E-state index contributed by atoms with van der Waals surface area (Å²) in [5.41, 5.74) is 4.01. The Kier molecular flexibility index (Phi) is 4.68. The maximum Gasteiger partial charge on any atom is 0.262 e. The first-order chi connectivity index (χ1) is 14.0. The Balaban J connectivity index is 1.91. The molecule has 2 heterocycles. The molecule has 0 saturated heterocycles. The average Bonchev–Trinajstić information content (AvgIpc) is 3.20. The molecule has 0 aliphatic heterocycles. The van der Waals surface area contributed by atoms with Gasteiger partial charge in [-0.25, -0.2) is 14.4 Å². The smallest absolute Gasteiger partial charge is 0.262 e. The predicted octanol–water partition coefficient (Wildman–Crippen LogP) is 5.25. The van der Waals surface area contributed by atoms with Crippen LogP contribution in [0.5, 0.6) is 0 Å². The largest absolute Gasteiger partial charge is 0.346 e. The van der Waals surface area contributed by atoms with Crippen LogP contribution in [0.1, 0.15) is 22.8 Å². The highest BCUT2D eigenvalue weighted by Crippen LogP contribution is 2.35. The van der Waals surface area contributed by atoms with Crippen molar-refractivity contribution in [2.24, 2.45) is 0 Å². The van der Waals surface area contributed by atoms with E-state index in [2.05, 4.69) is 21.5 Å². The first-order valence-corrected chi connectivity index (χ1v) is 9.11. The zero-order valence-electron chi connectivity index (χ0n) is 16.1. The van der Waals surface area contributed by atoms with Crippen molar-refractivity contribution < 1.29 is 9.18 Å². The lowest BCUT2D eigenvalue weighted by molar-refractivity contribution is 0.0995. The lowest BCUT2D eigenvalue weighted by atomic mass is 10.00. The number of fused-ring (bicyclic) bond motifs is 1. The SMILES string of the molecule is C=C(C)N(C(=O)c1ccccc1)c1cc(F)cc(-c2ncnc3[nH]ccc23)c1C. The third-order valence-electron chi connectivity index (χ3n) is 4.80. The molecule has 144 valence electrons. The van der Waals surface area contributed by atoms with Crippen molar-refractivity contribution in [1.82, 2.24) is 15.0 Å². The number of rotatable bonds is 4. The van der Waals surface area contributed by atoms with Crippen molar-refractivity contribution in [2.45, 2.75) is 13.8 Å². The normalized spacial score (nSPS) is 10.9. The summed E-state index contributed by atoms with van der Waals surface area (Å²) < 4.78 is 14.7. The molecular weight excluding hydrogens is 367 g/mol. The van der Waals surface area contributed by atoms with Crippen LogP contribution in [0.4, 0.5) is 10.1 Å². The van der Waals surface area contributed by atoms with Gasteiger partial charge < -0.3 is 4.98 Å². The van der Waals surface area contributed by atoms with Crippen LogP contribution in [0.2, 0.25) is 0 Å². The molecule has 0 aliphatic rings. The summed E-state index contributed by atoms with van der Waals surface area (Å²) in [6, 6.07) is 13.5. The van der Waals surface area contributed by atoms with Crippen molar-refractivity contribution in [3.05, 3.63) is 90.3 Å². The van der Waals surface area contributed by atoms with E-state index in [4.69, 9.17) is 0 Å². The van der Waals surface area contributed by atoms with Crippen molar-refractivity contribution in [2.75, 3.05) is 4.90 Å². The van der Waals surface area contributed by atoms with Crippen LogP contribution >= 0.6 is 0 Å². The van der Waals surface area contributed by atoms with E-state index in [1.165, 1.54) is 23.4 Å². The Bertz CT molecular complexity index is 1230. The van der Waals surface area contributed by atoms with Gasteiger partial charge >= 0.3 is 0 Å². The Morgan fingerprint density at radius 3 is 2.62 bits per heavy atom. The van der Waals surface area contributed by atoms with E-state index in [0.717, 1.165) is 10.9 Å². The maximum atomic E-state index is 14.7. The van der Waals surface area contributed by atoms with E-state index in [-0.39, 0.29) is 5.91 Å². The number of nitrogens with one attached hydrogen (secondary N) is 1. The second-order valence-electron chi connectivity index (χ2n) is 6.80. The topological polar surface area (TPSA) is 61.9 Å². The fraction of sp³-hybridized carbons (Fsp3) is 0.0870. The molecule has 5 nitrogen and oxygen atoms in total. The summed E-state index contributed by atoms with van der Waals surface area (Å²) in [7, 11) is 0. The Labute approximate surface area is 167 Å². The van der Waals surface area contributed by atoms with Crippen LogP contribution in [0, 0.1) is 12.7 Å². The van der Waals surface area contributed by atoms with Crippen LogP contribution in [0.15, 0.2) is 73.3 Å². The third kappa shape index (κ3) is 3.29. The van der Waals surface area contributed by atoms with E-state index in [0.29, 0.717) is 33.9 Å². The predicted molar refractivity (Wildman–Crippen MR) is 112 cm³/mol. The molecule has 2 aromatic carbocycles. The van der Waals surface area contributed by atoms with Crippen LogP contribution in [-0.4, -0.2) is 20.9 Å². The highest BCUT2D eigenvalue weighted by molar-refractivity contribution is 6.09. The van der Waals surface area contributed by atoms with Crippen LogP contribution in [0.3, 0.4) is 0 Å². The zero-order chi connectivity index (χ0) is 20.5. The minimum atomic E-state index is -0.463. The van der Waals surface area contributed by atoms with E-state index in [1.54, 1.807) is 37.4 Å². The van der Waals surface area contributed by atoms with Crippen molar-refractivity contribution in [3.63, 3.8) is 0 Å². The molecule has 4 rings (SSSR count). The van der Waals surface area contributed by atoms with Gasteiger partial charge in [-0.05, 0) is 49.7 Å². The summed E-state index contributed by atoms with van der Waals surface area (Å²) in [5.74, 6) is -0.734. The molecule has 0 radical (unpaired) electrons. The number of halogens is 1. The van der Waals surface area contributed by atoms with Gasteiger partial charge in [-0.15, -0.1) is 0 Å². The highest BCUT2D eigenvalue weighted by Gasteiger charge is 2.23. The molecular formula is C23H19FN4O. The number of aromatic nitrogens is 3. The van der Waals surface area contributed by atoms with E-state index in [1.807, 2.05) is 19.1 Å². The Hall–Kier alpha value is -3.80. The van der Waals surface area contributed by atoms with Crippen LogP contribution < -0.4 is 4.90 Å². The third-order valence-corrected chi connectivity index (χ3v) is 4.80. The average molecular weight is 386 g/mol. The number of amides is 1. The summed E-state index contributed by atoms with van der Waals surface area (Å²) in [4.78, 5) is 26.2. The van der Waals surface area contributed by atoms with Gasteiger partial charge in [-0.1, -0.05) is 24.8 Å². The number of allylic oxidation sites excluding steroid dienone is 1. The van der Waals surface area contributed by atoms with Gasteiger partial charge in [0.05, 0.1) is 11.4 Å². The summed E-state index contributed by atoms with van der Waals surface area (Å²) in [6.45, 7) is 7.51. The van der Waals surface area contributed by atoms with Crippen LogP contribution in [-0.2, 0) is 0 Å². The number of benzene rings is 2. The summed E-state index contributed by atoms with van der Waals surface area (Å²) in [5, 5.41) is 0.781. The molecule has 1 N–H and O–H groups in total. The number of carbonyl (C=O) groups excluding carboxylic acids is 1. The summed E-state index contributed by atoms with van der Waals surface area (Å²) in [6.07, 6.45) is 3.20. The number of hydrogen-bond donors (Lipinski definition) is 1. The fourth-order valence-electron chi connectivity index (χ4n) is 3.43. The Morgan fingerprint density at radius 2 is 1.90 bits per heavy atom. The molecule has 0 unspecified atom stereocenters. The monoisotopic (exact) mass is 386 g/mol. The van der Waals surface area contributed by atoms with Gasteiger partial charge in [0.25, 0.3) is 5.91 Å². The molecule has 6 heteroatoms. The minimum Gasteiger partial charge on any atom is -0.346 e. The van der Waals surface area contributed by atoms with Crippen molar-refractivity contribution >= 4 is 22.6 Å². The van der Waals surface area contributed by atoms with Gasteiger partial charge in [0, 0.05) is 28.4 Å². The van der Waals surface area contributed by atoms with E-state index >= 15 is 0 Å². The fourth-order valence-corrected chi connectivity index (χ4v) is 3.43. The highest BCUT2D eigenvalue weighted by atomic mass is 19.1. The lowest BCUT2D eigenvalue weighted by Crippen LogP contribution is -2.29. The molecule has 2 aromatic heterocycles.